The van der Waals surface area contributed by atoms with Crippen LogP contribution in [0.25, 0.3) is 5.65 Å². The summed E-state index contributed by atoms with van der Waals surface area (Å²) in [5.41, 5.74) is 0.814. The second kappa shape index (κ2) is 9.57. The first kappa shape index (κ1) is 18.6. The summed E-state index contributed by atoms with van der Waals surface area (Å²) in [5, 5.41) is 23.7. The molecule has 1 unspecified atom stereocenters. The van der Waals surface area contributed by atoms with Crippen LogP contribution < -0.4 is 10.6 Å². The molecule has 22 heavy (non-hydrogen) atoms. The molecule has 2 aromatic heterocycles. The van der Waals surface area contributed by atoms with Gasteiger partial charge in [-0.3, -0.25) is 4.40 Å². The van der Waals surface area contributed by atoms with Crippen molar-refractivity contribution in [1.82, 2.24) is 25.2 Å². The van der Waals surface area contributed by atoms with E-state index >= 15 is 0 Å². The Bertz CT molecular complexity index is 600. The zero-order chi connectivity index (χ0) is 15.1. The highest BCUT2D eigenvalue weighted by Gasteiger charge is 2.05. The summed E-state index contributed by atoms with van der Waals surface area (Å²) in [6, 6.07) is 5.78. The fourth-order valence-electron chi connectivity index (χ4n) is 1.83. The minimum atomic E-state index is 0. The van der Waals surface area contributed by atoms with Crippen molar-refractivity contribution >= 4 is 35.6 Å². The molecule has 0 aliphatic carbocycles. The van der Waals surface area contributed by atoms with Gasteiger partial charge in [0, 0.05) is 25.9 Å². The number of nitrogens with zero attached hydrogens (tertiary/aromatic N) is 4. The Balaban J connectivity index is 0.00000242. The lowest BCUT2D eigenvalue weighted by Gasteiger charge is -2.13. The molecule has 0 bridgehead atoms. The third-order valence-electron chi connectivity index (χ3n) is 3.04. The van der Waals surface area contributed by atoms with Crippen LogP contribution in [-0.2, 0) is 6.54 Å². The predicted molar refractivity (Wildman–Crippen MR) is 97.5 cm³/mol. The van der Waals surface area contributed by atoms with E-state index in [4.69, 9.17) is 5.11 Å². The van der Waals surface area contributed by atoms with E-state index in [1.807, 2.05) is 42.6 Å². The highest BCUT2D eigenvalue weighted by molar-refractivity contribution is 14.0. The third kappa shape index (κ3) is 5.09. The topological polar surface area (TPSA) is 86.8 Å². The van der Waals surface area contributed by atoms with E-state index < -0.39 is 0 Å². The van der Waals surface area contributed by atoms with Crippen molar-refractivity contribution in [2.75, 3.05) is 19.7 Å². The first-order valence-corrected chi connectivity index (χ1v) is 7.16. The van der Waals surface area contributed by atoms with Crippen molar-refractivity contribution in [3.8, 4) is 0 Å². The third-order valence-corrected chi connectivity index (χ3v) is 3.04. The molecule has 0 aliphatic rings. The highest BCUT2D eigenvalue weighted by atomic mass is 127. The van der Waals surface area contributed by atoms with Crippen molar-refractivity contribution < 1.29 is 5.11 Å². The lowest BCUT2D eigenvalue weighted by molar-refractivity contribution is 0.238. The molecule has 0 aliphatic heterocycles. The molecule has 2 aromatic rings. The number of aromatic nitrogens is 3. The number of fused-ring (bicyclic) bond motifs is 1. The molecular weight excluding hydrogens is 395 g/mol. The molecule has 7 nitrogen and oxygen atoms in total. The van der Waals surface area contributed by atoms with Crippen LogP contribution >= 0.6 is 24.0 Å². The van der Waals surface area contributed by atoms with Gasteiger partial charge in [-0.1, -0.05) is 13.0 Å². The molecule has 0 spiro atoms. The minimum Gasteiger partial charge on any atom is -0.396 e. The van der Waals surface area contributed by atoms with Gasteiger partial charge in [-0.25, -0.2) is 4.99 Å². The van der Waals surface area contributed by atoms with Gasteiger partial charge in [0.1, 0.15) is 6.54 Å². The Kier molecular flexibility index (Phi) is 8.10. The number of hydrogen-bond donors (Lipinski definition) is 3. The number of aliphatic imine (C=N–C) groups is 1. The van der Waals surface area contributed by atoms with E-state index in [1.165, 1.54) is 0 Å². The molecule has 2 heterocycles. The summed E-state index contributed by atoms with van der Waals surface area (Å²) in [7, 11) is 0. The summed E-state index contributed by atoms with van der Waals surface area (Å²) in [5.74, 6) is 1.69. The average molecular weight is 418 g/mol. The standard InChI is InChI=1S/C14H22N6O.HI/c1-3-15-14(16-8-11(2)10-21)17-9-13-19-18-12-6-4-5-7-20(12)13;/h4-7,11,21H,3,8-10H2,1-2H3,(H2,15,16,17);1H. The number of nitrogens with one attached hydrogen (secondary N) is 2. The van der Waals surface area contributed by atoms with Crippen molar-refractivity contribution in [3.63, 3.8) is 0 Å². The van der Waals surface area contributed by atoms with Crippen LogP contribution in [0.1, 0.15) is 19.7 Å². The van der Waals surface area contributed by atoms with Gasteiger partial charge in [-0.2, -0.15) is 0 Å². The molecule has 0 amide bonds. The Morgan fingerprint density at radius 2 is 2.18 bits per heavy atom. The first-order valence-electron chi connectivity index (χ1n) is 7.16. The monoisotopic (exact) mass is 418 g/mol. The summed E-state index contributed by atoms with van der Waals surface area (Å²) in [6.45, 7) is 6.03. The summed E-state index contributed by atoms with van der Waals surface area (Å²) >= 11 is 0. The normalized spacial score (nSPS) is 12.8. The van der Waals surface area contributed by atoms with Crippen LogP contribution in [0.3, 0.4) is 0 Å². The number of pyridine rings is 1. The summed E-state index contributed by atoms with van der Waals surface area (Å²) in [6.07, 6.45) is 1.92. The van der Waals surface area contributed by atoms with Crippen LogP contribution in [0.4, 0.5) is 0 Å². The van der Waals surface area contributed by atoms with Crippen molar-refractivity contribution in [2.45, 2.75) is 20.4 Å². The minimum absolute atomic E-state index is 0. The smallest absolute Gasteiger partial charge is 0.191 e. The molecule has 8 heteroatoms. The fourth-order valence-corrected chi connectivity index (χ4v) is 1.83. The van der Waals surface area contributed by atoms with E-state index in [1.54, 1.807) is 0 Å². The largest absolute Gasteiger partial charge is 0.396 e. The molecule has 0 radical (unpaired) electrons. The number of rotatable bonds is 6. The number of hydrogen-bond acceptors (Lipinski definition) is 4. The van der Waals surface area contributed by atoms with Gasteiger partial charge in [0.05, 0.1) is 0 Å². The molecular formula is C14H23IN6O. The zero-order valence-electron chi connectivity index (χ0n) is 12.9. The maximum absolute atomic E-state index is 9.05. The Morgan fingerprint density at radius 3 is 2.91 bits per heavy atom. The Hall–Kier alpha value is -1.42. The predicted octanol–water partition coefficient (Wildman–Crippen LogP) is 1.03. The number of halogens is 1. The van der Waals surface area contributed by atoms with Crippen molar-refractivity contribution in [2.24, 2.45) is 10.9 Å². The van der Waals surface area contributed by atoms with Gasteiger partial charge < -0.3 is 15.7 Å². The molecule has 0 aromatic carbocycles. The SMILES string of the molecule is CCNC(=NCc1nnc2ccccn12)NCC(C)CO.I. The quantitative estimate of drug-likeness (QED) is 0.371. The van der Waals surface area contributed by atoms with Crippen LogP contribution in [0.5, 0.6) is 0 Å². The van der Waals surface area contributed by atoms with Crippen LogP contribution in [0.15, 0.2) is 29.4 Å². The van der Waals surface area contributed by atoms with Gasteiger partial charge >= 0.3 is 0 Å². The summed E-state index contributed by atoms with van der Waals surface area (Å²) < 4.78 is 1.92. The van der Waals surface area contributed by atoms with E-state index in [-0.39, 0.29) is 36.5 Å². The van der Waals surface area contributed by atoms with Crippen molar-refractivity contribution in [1.29, 1.82) is 0 Å². The zero-order valence-corrected chi connectivity index (χ0v) is 15.2. The van der Waals surface area contributed by atoms with Gasteiger partial charge in [0.15, 0.2) is 17.4 Å². The van der Waals surface area contributed by atoms with Crippen LogP contribution in [0, 0.1) is 5.92 Å². The fraction of sp³-hybridized carbons (Fsp3) is 0.500. The van der Waals surface area contributed by atoms with E-state index in [0.29, 0.717) is 19.0 Å². The van der Waals surface area contributed by atoms with Gasteiger partial charge in [-0.05, 0) is 25.0 Å². The lowest BCUT2D eigenvalue weighted by atomic mass is 10.2. The maximum atomic E-state index is 9.05. The van der Waals surface area contributed by atoms with Gasteiger partial charge in [-0.15, -0.1) is 34.2 Å². The molecule has 0 saturated heterocycles. The second-order valence-corrected chi connectivity index (χ2v) is 4.91. The molecule has 0 fully saturated rings. The van der Waals surface area contributed by atoms with E-state index in [0.717, 1.165) is 18.0 Å². The molecule has 122 valence electrons. The maximum Gasteiger partial charge on any atom is 0.191 e. The second-order valence-electron chi connectivity index (χ2n) is 4.91. The van der Waals surface area contributed by atoms with Gasteiger partial charge in [0.25, 0.3) is 0 Å². The molecule has 3 N–H and O–H groups in total. The number of aliphatic hydroxyl groups excluding tert-OH is 1. The van der Waals surface area contributed by atoms with Crippen LogP contribution in [0.2, 0.25) is 0 Å². The molecule has 2 rings (SSSR count). The van der Waals surface area contributed by atoms with Crippen molar-refractivity contribution in [3.05, 3.63) is 30.2 Å². The highest BCUT2D eigenvalue weighted by Crippen LogP contribution is 2.03. The molecule has 0 saturated carbocycles. The van der Waals surface area contributed by atoms with Gasteiger partial charge in [0.2, 0.25) is 0 Å². The lowest BCUT2D eigenvalue weighted by Crippen LogP contribution is -2.40. The number of guanidine groups is 1. The average Bonchev–Trinajstić information content (AvgIpc) is 2.93. The van der Waals surface area contributed by atoms with Crippen LogP contribution in [-0.4, -0.2) is 45.4 Å². The van der Waals surface area contributed by atoms with E-state index in [9.17, 15) is 0 Å². The van der Waals surface area contributed by atoms with E-state index in [2.05, 4.69) is 25.8 Å². The Labute approximate surface area is 147 Å². The summed E-state index contributed by atoms with van der Waals surface area (Å²) in [4.78, 5) is 4.50. The first-order chi connectivity index (χ1) is 10.2. The number of aliphatic hydroxyl groups is 1. The molecule has 1 atom stereocenters. The Morgan fingerprint density at radius 1 is 1.36 bits per heavy atom.